The highest BCUT2D eigenvalue weighted by Gasteiger charge is 2.13. The average Bonchev–Trinajstić information content (AvgIpc) is 2.64. The van der Waals surface area contributed by atoms with Crippen LogP contribution in [0.1, 0.15) is 5.56 Å². The Hall–Kier alpha value is -2.04. The fraction of sp³-hybridized carbons (Fsp3) is 0.150. The third-order valence-corrected chi connectivity index (χ3v) is 4.61. The van der Waals surface area contributed by atoms with Crippen molar-refractivity contribution < 1.29 is 26.4 Å². The SMILES string of the molecule is COc1cc(Br)c(C[n+]2cccc(-c3ccccc3)c2)cc1OC.[Cl-]. The second kappa shape index (κ2) is 8.88. The summed E-state index contributed by atoms with van der Waals surface area (Å²) >= 11 is 3.62. The number of methoxy groups -OCH3 is 2. The zero-order chi connectivity index (χ0) is 16.9. The maximum absolute atomic E-state index is 5.41. The first kappa shape index (κ1) is 19.3. The van der Waals surface area contributed by atoms with Crippen molar-refractivity contribution in [3.8, 4) is 22.6 Å². The van der Waals surface area contributed by atoms with Gasteiger partial charge in [-0.05, 0) is 23.8 Å². The zero-order valence-electron chi connectivity index (χ0n) is 14.1. The molecule has 0 radical (unpaired) electrons. The molecule has 0 atom stereocenters. The minimum absolute atomic E-state index is 0. The molecule has 0 aliphatic heterocycles. The molecule has 0 bridgehead atoms. The molecule has 0 saturated heterocycles. The maximum Gasteiger partial charge on any atom is 0.176 e. The number of pyridine rings is 1. The summed E-state index contributed by atoms with van der Waals surface area (Å²) in [7, 11) is 3.29. The van der Waals surface area contributed by atoms with Crippen LogP contribution in [0.15, 0.2) is 71.5 Å². The largest absolute Gasteiger partial charge is 1.00 e. The zero-order valence-corrected chi connectivity index (χ0v) is 16.4. The van der Waals surface area contributed by atoms with E-state index in [1.807, 2.05) is 18.2 Å². The van der Waals surface area contributed by atoms with E-state index in [0.717, 1.165) is 28.1 Å². The van der Waals surface area contributed by atoms with Crippen LogP contribution in [0.4, 0.5) is 0 Å². The van der Waals surface area contributed by atoms with Gasteiger partial charge in [0.2, 0.25) is 0 Å². The fourth-order valence-corrected chi connectivity index (χ4v) is 3.08. The van der Waals surface area contributed by atoms with Gasteiger partial charge in [0.15, 0.2) is 30.4 Å². The summed E-state index contributed by atoms with van der Waals surface area (Å²) in [5.41, 5.74) is 3.52. The van der Waals surface area contributed by atoms with E-state index in [1.54, 1.807) is 14.2 Å². The molecule has 3 nitrogen and oxygen atoms in total. The van der Waals surface area contributed by atoms with E-state index in [-0.39, 0.29) is 12.4 Å². The van der Waals surface area contributed by atoms with Gasteiger partial charge < -0.3 is 21.9 Å². The smallest absolute Gasteiger partial charge is 0.176 e. The molecule has 5 heteroatoms. The van der Waals surface area contributed by atoms with Gasteiger partial charge in [0, 0.05) is 21.7 Å². The van der Waals surface area contributed by atoms with Crippen LogP contribution in [0.3, 0.4) is 0 Å². The molecule has 1 aromatic heterocycles. The number of nitrogens with zero attached hydrogens (tertiary/aromatic N) is 1. The van der Waals surface area contributed by atoms with Crippen LogP contribution in [0.5, 0.6) is 11.5 Å². The monoisotopic (exact) mass is 419 g/mol. The summed E-state index contributed by atoms with van der Waals surface area (Å²) in [5, 5.41) is 0. The van der Waals surface area contributed by atoms with Crippen molar-refractivity contribution in [3.63, 3.8) is 0 Å². The van der Waals surface area contributed by atoms with Crippen LogP contribution >= 0.6 is 15.9 Å². The van der Waals surface area contributed by atoms with Crippen LogP contribution in [0.25, 0.3) is 11.1 Å². The van der Waals surface area contributed by atoms with Gasteiger partial charge >= 0.3 is 0 Å². The van der Waals surface area contributed by atoms with Gasteiger partial charge in [-0.15, -0.1) is 0 Å². The number of benzene rings is 2. The predicted octanol–water partition coefficient (Wildman–Crippen LogP) is 1.47. The molecular weight excluding hydrogens is 402 g/mol. The minimum Gasteiger partial charge on any atom is -1.00 e. The molecule has 3 rings (SSSR count). The molecule has 0 aliphatic rings. The second-order valence-corrected chi connectivity index (χ2v) is 6.28. The minimum atomic E-state index is 0. The summed E-state index contributed by atoms with van der Waals surface area (Å²) < 4.78 is 13.9. The van der Waals surface area contributed by atoms with Gasteiger partial charge in [-0.3, -0.25) is 0 Å². The topological polar surface area (TPSA) is 22.3 Å². The molecular formula is C20H19BrClNO2. The van der Waals surface area contributed by atoms with E-state index >= 15 is 0 Å². The van der Waals surface area contributed by atoms with Crippen molar-refractivity contribution >= 4 is 15.9 Å². The summed E-state index contributed by atoms with van der Waals surface area (Å²) in [6, 6.07) is 18.5. The molecule has 0 unspecified atom stereocenters. The molecule has 2 aromatic carbocycles. The molecule has 1 heterocycles. The second-order valence-electron chi connectivity index (χ2n) is 5.43. The highest BCUT2D eigenvalue weighted by atomic mass is 79.9. The number of ether oxygens (including phenoxy) is 2. The van der Waals surface area contributed by atoms with Crippen LogP contribution < -0.4 is 26.4 Å². The Morgan fingerprint density at radius 3 is 2.20 bits per heavy atom. The van der Waals surface area contributed by atoms with Gasteiger partial charge in [0.25, 0.3) is 0 Å². The number of hydrogen-bond acceptors (Lipinski definition) is 2. The summed E-state index contributed by atoms with van der Waals surface area (Å²) in [6.07, 6.45) is 4.22. The van der Waals surface area contributed by atoms with Crippen molar-refractivity contribution in [2.75, 3.05) is 14.2 Å². The Morgan fingerprint density at radius 1 is 0.880 bits per heavy atom. The van der Waals surface area contributed by atoms with Crippen molar-refractivity contribution in [2.24, 2.45) is 0 Å². The highest BCUT2D eigenvalue weighted by Crippen LogP contribution is 2.33. The molecule has 0 spiro atoms. The van der Waals surface area contributed by atoms with Crippen molar-refractivity contribution in [3.05, 3.63) is 77.0 Å². The van der Waals surface area contributed by atoms with Crippen LogP contribution in [-0.4, -0.2) is 14.2 Å². The summed E-state index contributed by atoms with van der Waals surface area (Å²) in [4.78, 5) is 0. The lowest BCUT2D eigenvalue weighted by Crippen LogP contribution is -3.00. The van der Waals surface area contributed by atoms with Gasteiger partial charge in [0.05, 0.1) is 14.2 Å². The molecule has 3 aromatic rings. The Kier molecular flexibility index (Phi) is 6.85. The molecule has 0 saturated carbocycles. The number of hydrogen-bond donors (Lipinski definition) is 0. The van der Waals surface area contributed by atoms with Crippen LogP contribution in [0.2, 0.25) is 0 Å². The third kappa shape index (κ3) is 4.53. The Morgan fingerprint density at radius 2 is 1.52 bits per heavy atom. The predicted molar refractivity (Wildman–Crippen MR) is 98.4 cm³/mol. The average molecular weight is 421 g/mol. The van der Waals surface area contributed by atoms with E-state index < -0.39 is 0 Å². The van der Waals surface area contributed by atoms with Crippen molar-refractivity contribution in [2.45, 2.75) is 6.54 Å². The number of halogens is 2. The van der Waals surface area contributed by atoms with Gasteiger partial charge in [-0.25, -0.2) is 4.57 Å². The molecule has 130 valence electrons. The van der Waals surface area contributed by atoms with E-state index in [0.29, 0.717) is 0 Å². The van der Waals surface area contributed by atoms with Crippen molar-refractivity contribution in [1.29, 1.82) is 0 Å². The Balaban J connectivity index is 0.00000225. The summed E-state index contributed by atoms with van der Waals surface area (Å²) in [6.45, 7) is 0.738. The van der Waals surface area contributed by atoms with E-state index in [1.165, 1.54) is 11.1 Å². The lowest BCUT2D eigenvalue weighted by Gasteiger charge is -2.10. The van der Waals surface area contributed by atoms with Crippen LogP contribution in [-0.2, 0) is 6.54 Å². The molecule has 0 aliphatic carbocycles. The molecule has 0 N–H and O–H groups in total. The van der Waals surface area contributed by atoms with Gasteiger partial charge in [0.1, 0.15) is 0 Å². The first-order valence-electron chi connectivity index (χ1n) is 7.66. The normalized spacial score (nSPS) is 10.0. The first-order valence-corrected chi connectivity index (χ1v) is 8.45. The lowest BCUT2D eigenvalue weighted by molar-refractivity contribution is -0.688. The lowest BCUT2D eigenvalue weighted by atomic mass is 10.1. The Labute approximate surface area is 162 Å². The van der Waals surface area contributed by atoms with Crippen molar-refractivity contribution in [1.82, 2.24) is 0 Å². The van der Waals surface area contributed by atoms with Gasteiger partial charge in [-0.2, -0.15) is 0 Å². The Bertz CT molecular complexity index is 840. The summed E-state index contributed by atoms with van der Waals surface area (Å²) in [5.74, 6) is 1.45. The quantitative estimate of drug-likeness (QED) is 0.583. The number of aromatic nitrogens is 1. The third-order valence-electron chi connectivity index (χ3n) is 3.87. The van der Waals surface area contributed by atoms with E-state index in [9.17, 15) is 0 Å². The molecule has 0 amide bonds. The maximum atomic E-state index is 5.41. The standard InChI is InChI=1S/C20H19BrNO2.ClH/c1-23-19-11-17(18(21)12-20(19)24-2)14-22-10-6-9-16(13-22)15-7-4-3-5-8-15;/h3-13H,14H2,1-2H3;1H/q+1;/p-1. The molecule has 25 heavy (non-hydrogen) atoms. The highest BCUT2D eigenvalue weighted by molar-refractivity contribution is 9.10. The van der Waals surface area contributed by atoms with E-state index in [2.05, 4.69) is 69.3 Å². The van der Waals surface area contributed by atoms with Crippen LogP contribution in [0, 0.1) is 0 Å². The number of rotatable bonds is 5. The van der Waals surface area contributed by atoms with E-state index in [4.69, 9.17) is 9.47 Å². The fourth-order valence-electron chi connectivity index (χ4n) is 2.64. The van der Waals surface area contributed by atoms with Gasteiger partial charge in [-0.1, -0.05) is 46.3 Å². The first-order chi connectivity index (χ1) is 11.7. The molecule has 0 fully saturated rings.